The summed E-state index contributed by atoms with van der Waals surface area (Å²) in [6, 6.07) is 0. The van der Waals surface area contributed by atoms with Crippen LogP contribution in [-0.4, -0.2) is 29.4 Å². The molecule has 0 aromatic rings. The summed E-state index contributed by atoms with van der Waals surface area (Å²) in [5, 5.41) is 0. The maximum atomic E-state index is 12.3. The molecule has 3 nitrogen and oxygen atoms in total. The Hall–Kier alpha value is -0.570. The Morgan fingerprint density at radius 1 is 1.35 bits per heavy atom. The van der Waals surface area contributed by atoms with E-state index in [1.54, 1.807) is 0 Å². The Balaban J connectivity index is 1.86. The SMILES string of the molecule is CCC1CCCN(C(=O)CC2(N)CCCC2)C1. The van der Waals surface area contributed by atoms with Gasteiger partial charge in [-0.05, 0) is 31.6 Å². The Morgan fingerprint density at radius 3 is 2.71 bits per heavy atom. The lowest BCUT2D eigenvalue weighted by Crippen LogP contribution is -2.46. The molecule has 1 amide bonds. The molecule has 1 aliphatic carbocycles. The topological polar surface area (TPSA) is 46.3 Å². The lowest BCUT2D eigenvalue weighted by Gasteiger charge is -2.34. The van der Waals surface area contributed by atoms with Crippen LogP contribution < -0.4 is 5.73 Å². The summed E-state index contributed by atoms with van der Waals surface area (Å²) in [4.78, 5) is 14.3. The van der Waals surface area contributed by atoms with Gasteiger partial charge in [0, 0.05) is 25.0 Å². The van der Waals surface area contributed by atoms with Gasteiger partial charge < -0.3 is 10.6 Å². The van der Waals surface area contributed by atoms with Crippen LogP contribution in [0.4, 0.5) is 0 Å². The molecular weight excluding hydrogens is 212 g/mol. The Bertz CT molecular complexity index is 271. The molecule has 2 N–H and O–H groups in total. The molecule has 1 heterocycles. The third kappa shape index (κ3) is 3.21. The highest BCUT2D eigenvalue weighted by Gasteiger charge is 2.34. The van der Waals surface area contributed by atoms with Gasteiger partial charge in [-0.25, -0.2) is 0 Å². The van der Waals surface area contributed by atoms with Crippen LogP contribution in [0, 0.1) is 5.92 Å². The normalized spacial score (nSPS) is 28.4. The first-order valence-corrected chi connectivity index (χ1v) is 7.19. The number of likely N-dealkylation sites (tertiary alicyclic amines) is 1. The zero-order valence-electron chi connectivity index (χ0n) is 11.1. The predicted molar refractivity (Wildman–Crippen MR) is 69.6 cm³/mol. The summed E-state index contributed by atoms with van der Waals surface area (Å²) >= 11 is 0. The Morgan fingerprint density at radius 2 is 2.06 bits per heavy atom. The second-order valence-electron chi connectivity index (χ2n) is 6.00. The fourth-order valence-electron chi connectivity index (χ4n) is 3.29. The quantitative estimate of drug-likeness (QED) is 0.820. The van der Waals surface area contributed by atoms with E-state index in [0.29, 0.717) is 18.2 Å². The lowest BCUT2D eigenvalue weighted by molar-refractivity contribution is -0.134. The number of hydrogen-bond acceptors (Lipinski definition) is 2. The molecule has 0 radical (unpaired) electrons. The molecule has 17 heavy (non-hydrogen) atoms. The molecule has 1 saturated heterocycles. The summed E-state index contributed by atoms with van der Waals surface area (Å²) in [6.07, 6.45) is 8.67. The van der Waals surface area contributed by atoms with Crippen LogP contribution in [0.1, 0.15) is 58.3 Å². The molecule has 1 unspecified atom stereocenters. The van der Waals surface area contributed by atoms with E-state index in [9.17, 15) is 4.79 Å². The summed E-state index contributed by atoms with van der Waals surface area (Å²) < 4.78 is 0. The van der Waals surface area contributed by atoms with Crippen LogP contribution in [0.2, 0.25) is 0 Å². The first-order chi connectivity index (χ1) is 8.13. The van der Waals surface area contributed by atoms with Crippen molar-refractivity contribution in [3.63, 3.8) is 0 Å². The lowest BCUT2D eigenvalue weighted by atomic mass is 9.91. The van der Waals surface area contributed by atoms with E-state index in [2.05, 4.69) is 11.8 Å². The largest absolute Gasteiger partial charge is 0.342 e. The van der Waals surface area contributed by atoms with Crippen molar-refractivity contribution in [2.24, 2.45) is 11.7 Å². The van der Waals surface area contributed by atoms with Crippen molar-refractivity contribution < 1.29 is 4.79 Å². The summed E-state index contributed by atoms with van der Waals surface area (Å²) in [5.41, 5.74) is 6.10. The van der Waals surface area contributed by atoms with Crippen LogP contribution in [0.3, 0.4) is 0 Å². The average molecular weight is 238 g/mol. The number of nitrogens with zero attached hydrogens (tertiary/aromatic N) is 1. The Kier molecular flexibility index (Phi) is 4.08. The standard InChI is InChI=1S/C14H26N2O/c1-2-12-6-5-9-16(11-12)13(17)10-14(15)7-3-4-8-14/h12H,2-11,15H2,1H3. The monoisotopic (exact) mass is 238 g/mol. The molecule has 1 saturated carbocycles. The van der Waals surface area contributed by atoms with E-state index < -0.39 is 0 Å². The molecule has 0 aromatic carbocycles. The van der Waals surface area contributed by atoms with Crippen LogP contribution in [-0.2, 0) is 4.79 Å². The highest BCUT2D eigenvalue weighted by Crippen LogP contribution is 2.31. The zero-order chi connectivity index (χ0) is 12.3. The first-order valence-electron chi connectivity index (χ1n) is 7.19. The predicted octanol–water partition coefficient (Wildman–Crippen LogP) is 2.30. The summed E-state index contributed by atoms with van der Waals surface area (Å²) in [6.45, 7) is 4.14. The van der Waals surface area contributed by atoms with Gasteiger partial charge in [0.2, 0.25) is 5.91 Å². The number of amides is 1. The van der Waals surface area contributed by atoms with Gasteiger partial charge in [0.15, 0.2) is 0 Å². The van der Waals surface area contributed by atoms with Crippen molar-refractivity contribution in [3.8, 4) is 0 Å². The van der Waals surface area contributed by atoms with Crippen LogP contribution >= 0.6 is 0 Å². The van der Waals surface area contributed by atoms with Crippen LogP contribution in [0.5, 0.6) is 0 Å². The van der Waals surface area contributed by atoms with Gasteiger partial charge in [-0.3, -0.25) is 4.79 Å². The van der Waals surface area contributed by atoms with Crippen molar-refractivity contribution in [2.75, 3.05) is 13.1 Å². The minimum absolute atomic E-state index is 0.184. The number of piperidine rings is 1. The summed E-state index contributed by atoms with van der Waals surface area (Å²) in [7, 11) is 0. The number of nitrogens with two attached hydrogens (primary N) is 1. The number of rotatable bonds is 3. The van der Waals surface area contributed by atoms with E-state index in [0.717, 1.165) is 25.9 Å². The van der Waals surface area contributed by atoms with Gasteiger partial charge in [0.25, 0.3) is 0 Å². The van der Waals surface area contributed by atoms with Gasteiger partial charge in [-0.15, -0.1) is 0 Å². The average Bonchev–Trinajstić information content (AvgIpc) is 2.76. The second-order valence-corrected chi connectivity index (χ2v) is 6.00. The zero-order valence-corrected chi connectivity index (χ0v) is 11.1. The fraction of sp³-hybridized carbons (Fsp3) is 0.929. The number of hydrogen-bond donors (Lipinski definition) is 1. The maximum absolute atomic E-state index is 12.3. The Labute approximate surface area is 105 Å². The molecule has 0 spiro atoms. The maximum Gasteiger partial charge on any atom is 0.224 e. The van der Waals surface area contributed by atoms with Gasteiger partial charge >= 0.3 is 0 Å². The van der Waals surface area contributed by atoms with Crippen LogP contribution in [0.25, 0.3) is 0 Å². The molecule has 2 rings (SSSR count). The molecule has 2 fully saturated rings. The van der Waals surface area contributed by atoms with Gasteiger partial charge in [0.1, 0.15) is 0 Å². The van der Waals surface area contributed by atoms with Crippen molar-refractivity contribution in [1.82, 2.24) is 4.90 Å². The third-order valence-electron chi connectivity index (χ3n) is 4.55. The molecule has 3 heteroatoms. The minimum Gasteiger partial charge on any atom is -0.342 e. The van der Waals surface area contributed by atoms with Crippen LogP contribution in [0.15, 0.2) is 0 Å². The first kappa shape index (κ1) is 12.9. The summed E-state index contributed by atoms with van der Waals surface area (Å²) in [5.74, 6) is 1.01. The van der Waals surface area contributed by atoms with Crippen molar-refractivity contribution in [1.29, 1.82) is 0 Å². The van der Waals surface area contributed by atoms with E-state index in [-0.39, 0.29) is 5.54 Å². The highest BCUT2D eigenvalue weighted by molar-refractivity contribution is 5.77. The highest BCUT2D eigenvalue weighted by atomic mass is 16.2. The van der Waals surface area contributed by atoms with Crippen molar-refractivity contribution in [2.45, 2.75) is 63.8 Å². The fourth-order valence-corrected chi connectivity index (χ4v) is 3.29. The molecule has 98 valence electrons. The van der Waals surface area contributed by atoms with Crippen molar-refractivity contribution >= 4 is 5.91 Å². The molecular formula is C14H26N2O. The number of carbonyl (C=O) groups excluding carboxylic acids is 1. The number of carbonyl (C=O) groups is 1. The van der Waals surface area contributed by atoms with Gasteiger partial charge in [-0.2, -0.15) is 0 Å². The van der Waals surface area contributed by atoms with Crippen molar-refractivity contribution in [3.05, 3.63) is 0 Å². The van der Waals surface area contributed by atoms with E-state index in [1.807, 2.05) is 0 Å². The molecule has 0 bridgehead atoms. The molecule has 1 aliphatic heterocycles. The van der Waals surface area contributed by atoms with E-state index in [1.165, 1.54) is 32.1 Å². The van der Waals surface area contributed by atoms with E-state index in [4.69, 9.17) is 5.73 Å². The second kappa shape index (κ2) is 5.38. The minimum atomic E-state index is -0.184. The van der Waals surface area contributed by atoms with Gasteiger partial charge in [0.05, 0.1) is 0 Å². The third-order valence-corrected chi connectivity index (χ3v) is 4.55. The van der Waals surface area contributed by atoms with Gasteiger partial charge in [-0.1, -0.05) is 26.2 Å². The smallest absolute Gasteiger partial charge is 0.224 e. The molecule has 1 atom stereocenters. The molecule has 0 aromatic heterocycles. The molecule has 2 aliphatic rings. The van der Waals surface area contributed by atoms with E-state index >= 15 is 0 Å².